The van der Waals surface area contributed by atoms with Gasteiger partial charge < -0.3 is 10.2 Å². The topological polar surface area (TPSA) is 27.6 Å². The van der Waals surface area contributed by atoms with E-state index in [1.165, 1.54) is 5.56 Å². The zero-order valence-electron chi connectivity index (χ0n) is 19.4. The second kappa shape index (κ2) is 9.15. The molecule has 0 saturated carbocycles. The van der Waals surface area contributed by atoms with Crippen molar-refractivity contribution >= 4 is 29.0 Å². The molecule has 0 aromatic heterocycles. The summed E-state index contributed by atoms with van der Waals surface area (Å²) < 4.78 is 15.1. The number of fused-ring (bicyclic) bond motifs is 1. The third-order valence-corrected chi connectivity index (χ3v) is 6.23. The van der Waals surface area contributed by atoms with Gasteiger partial charge >= 0.3 is 0 Å². The van der Waals surface area contributed by atoms with E-state index in [9.17, 15) is 0 Å². The number of hydrogen-bond donors (Lipinski definition) is 1. The Hall–Kier alpha value is -3.14. The number of nitrogens with one attached hydrogen (secondary N) is 1. The van der Waals surface area contributed by atoms with Gasteiger partial charge in [-0.25, -0.2) is 4.39 Å². The smallest absolute Gasteiger partial charge is 0.134 e. The molecular formula is C28H32FN3. The third kappa shape index (κ3) is 4.69. The number of benzene rings is 3. The van der Waals surface area contributed by atoms with E-state index < -0.39 is 0 Å². The highest BCUT2D eigenvalue weighted by Crippen LogP contribution is 2.44. The van der Waals surface area contributed by atoms with Crippen molar-refractivity contribution in [1.29, 1.82) is 0 Å². The number of aliphatic imine (C=N–C) groups is 1. The van der Waals surface area contributed by atoms with Gasteiger partial charge in [-0.05, 0) is 86.7 Å². The van der Waals surface area contributed by atoms with Gasteiger partial charge in [-0.2, -0.15) is 0 Å². The molecular weight excluding hydrogens is 397 g/mol. The minimum atomic E-state index is -0.221. The van der Waals surface area contributed by atoms with E-state index in [0.717, 1.165) is 42.1 Å². The number of rotatable bonds is 6. The molecule has 0 amide bonds. The molecule has 1 N–H and O–H groups in total. The fourth-order valence-corrected chi connectivity index (χ4v) is 4.73. The molecule has 3 aromatic carbocycles. The van der Waals surface area contributed by atoms with Gasteiger partial charge in [-0.15, -0.1) is 0 Å². The molecule has 1 unspecified atom stereocenters. The van der Waals surface area contributed by atoms with Crippen LogP contribution in [0.1, 0.15) is 57.6 Å². The second-order valence-electron chi connectivity index (χ2n) is 9.30. The van der Waals surface area contributed by atoms with Crippen LogP contribution in [-0.4, -0.2) is 18.3 Å². The second-order valence-corrected chi connectivity index (χ2v) is 9.30. The van der Waals surface area contributed by atoms with E-state index in [0.29, 0.717) is 11.5 Å². The standard InChI is InChI=1S/C28H32FN3/c1-5-15-32-27-17-26(29)21(16-25(27)20(2)18-28(32,3)4)19-30-22-11-13-24(14-12-22)31-23-9-7-6-8-10-23/h6-14,16-17,19-20,31H,5,15,18H2,1-4H3. The van der Waals surface area contributed by atoms with Crippen molar-refractivity contribution < 1.29 is 4.39 Å². The SMILES string of the molecule is CCCN1c2cc(F)c(C=Nc3ccc(Nc4ccccc4)cc3)cc2C(C)CC1(C)C. The molecule has 1 aliphatic rings. The number of nitrogens with zero attached hydrogens (tertiary/aromatic N) is 2. The molecule has 1 aliphatic heterocycles. The van der Waals surface area contributed by atoms with Gasteiger partial charge in [0.05, 0.1) is 5.69 Å². The van der Waals surface area contributed by atoms with Crippen molar-refractivity contribution in [3.63, 3.8) is 0 Å². The van der Waals surface area contributed by atoms with Crippen LogP contribution in [-0.2, 0) is 0 Å². The van der Waals surface area contributed by atoms with Gasteiger partial charge in [0.25, 0.3) is 0 Å². The van der Waals surface area contributed by atoms with E-state index in [-0.39, 0.29) is 11.4 Å². The van der Waals surface area contributed by atoms with Crippen LogP contribution in [0, 0.1) is 5.82 Å². The van der Waals surface area contributed by atoms with Gasteiger partial charge in [0.2, 0.25) is 0 Å². The van der Waals surface area contributed by atoms with Crippen molar-refractivity contribution in [3.8, 4) is 0 Å². The Morgan fingerprint density at radius 2 is 1.75 bits per heavy atom. The Labute approximate surface area is 191 Å². The summed E-state index contributed by atoms with van der Waals surface area (Å²) in [6, 6.07) is 21.6. The normalized spacial score (nSPS) is 17.4. The molecule has 4 rings (SSSR count). The average Bonchev–Trinajstić information content (AvgIpc) is 2.77. The Morgan fingerprint density at radius 3 is 2.44 bits per heavy atom. The quantitative estimate of drug-likeness (QED) is 0.404. The largest absolute Gasteiger partial charge is 0.366 e. The zero-order chi connectivity index (χ0) is 22.7. The van der Waals surface area contributed by atoms with Crippen molar-refractivity contribution in [2.24, 2.45) is 4.99 Å². The summed E-state index contributed by atoms with van der Waals surface area (Å²) in [7, 11) is 0. The van der Waals surface area contributed by atoms with Gasteiger partial charge in [0.15, 0.2) is 0 Å². The first-order valence-corrected chi connectivity index (χ1v) is 11.4. The summed E-state index contributed by atoms with van der Waals surface area (Å²) in [4.78, 5) is 6.90. The lowest BCUT2D eigenvalue weighted by Crippen LogP contribution is -2.48. The monoisotopic (exact) mass is 429 g/mol. The maximum atomic E-state index is 15.1. The molecule has 4 heteroatoms. The summed E-state index contributed by atoms with van der Waals surface area (Å²) >= 11 is 0. The first-order valence-electron chi connectivity index (χ1n) is 11.4. The average molecular weight is 430 g/mol. The number of para-hydroxylation sites is 1. The summed E-state index contributed by atoms with van der Waals surface area (Å²) in [6.07, 6.45) is 3.74. The van der Waals surface area contributed by atoms with E-state index in [4.69, 9.17) is 0 Å². The first kappa shape index (κ1) is 22.1. The maximum Gasteiger partial charge on any atom is 0.134 e. The van der Waals surface area contributed by atoms with Gasteiger partial charge in [-0.3, -0.25) is 4.99 Å². The first-order chi connectivity index (χ1) is 15.4. The highest BCUT2D eigenvalue weighted by molar-refractivity contribution is 5.84. The molecule has 0 bridgehead atoms. The summed E-state index contributed by atoms with van der Waals surface area (Å²) in [6.45, 7) is 9.85. The highest BCUT2D eigenvalue weighted by atomic mass is 19.1. The zero-order valence-corrected chi connectivity index (χ0v) is 19.4. The molecule has 0 radical (unpaired) electrons. The van der Waals surface area contributed by atoms with Gasteiger partial charge in [-0.1, -0.05) is 32.0 Å². The summed E-state index contributed by atoms with van der Waals surface area (Å²) in [5.41, 5.74) is 5.63. The molecule has 0 saturated heterocycles. The summed E-state index contributed by atoms with van der Waals surface area (Å²) in [5, 5.41) is 3.36. The Bertz CT molecular complexity index is 1090. The Kier molecular flexibility index (Phi) is 6.31. The predicted octanol–water partition coefficient (Wildman–Crippen LogP) is 7.82. The third-order valence-electron chi connectivity index (χ3n) is 6.23. The minimum Gasteiger partial charge on any atom is -0.366 e. The molecule has 0 spiro atoms. The molecule has 1 heterocycles. The highest BCUT2D eigenvalue weighted by Gasteiger charge is 2.36. The van der Waals surface area contributed by atoms with Gasteiger partial charge in [0.1, 0.15) is 5.82 Å². The molecule has 1 atom stereocenters. The maximum absolute atomic E-state index is 15.1. The van der Waals surface area contributed by atoms with Crippen LogP contribution in [0.4, 0.5) is 27.1 Å². The van der Waals surface area contributed by atoms with Crippen LogP contribution in [0.3, 0.4) is 0 Å². The van der Waals surface area contributed by atoms with Crippen LogP contribution in [0.15, 0.2) is 71.7 Å². The number of hydrogen-bond acceptors (Lipinski definition) is 3. The lowest BCUT2D eigenvalue weighted by molar-refractivity contribution is 0.375. The fourth-order valence-electron chi connectivity index (χ4n) is 4.73. The van der Waals surface area contributed by atoms with Crippen molar-refractivity contribution in [2.45, 2.75) is 52.0 Å². The van der Waals surface area contributed by atoms with Crippen LogP contribution >= 0.6 is 0 Å². The number of anilines is 3. The molecule has 0 aliphatic carbocycles. The van der Waals surface area contributed by atoms with Crippen LogP contribution < -0.4 is 10.2 Å². The van der Waals surface area contributed by atoms with Crippen LogP contribution in [0.25, 0.3) is 0 Å². The van der Waals surface area contributed by atoms with Crippen LogP contribution in [0.5, 0.6) is 0 Å². The van der Waals surface area contributed by atoms with E-state index in [1.807, 2.05) is 60.7 Å². The molecule has 3 nitrogen and oxygen atoms in total. The Morgan fingerprint density at radius 1 is 1.06 bits per heavy atom. The Balaban J connectivity index is 1.55. The molecule has 3 aromatic rings. The molecule has 32 heavy (non-hydrogen) atoms. The summed E-state index contributed by atoms with van der Waals surface area (Å²) in [5.74, 6) is 0.157. The molecule has 166 valence electrons. The lowest BCUT2D eigenvalue weighted by atomic mass is 9.79. The van der Waals surface area contributed by atoms with E-state index >= 15 is 4.39 Å². The predicted molar refractivity (Wildman–Crippen MR) is 135 cm³/mol. The fraction of sp³-hybridized carbons (Fsp3) is 0.321. The van der Waals surface area contributed by atoms with Crippen LogP contribution in [0.2, 0.25) is 0 Å². The van der Waals surface area contributed by atoms with Crippen molar-refractivity contribution in [2.75, 3.05) is 16.8 Å². The van der Waals surface area contributed by atoms with Crippen molar-refractivity contribution in [3.05, 3.63) is 83.7 Å². The minimum absolute atomic E-state index is 0.0278. The van der Waals surface area contributed by atoms with Gasteiger partial charge in [0, 0.05) is 40.9 Å². The van der Waals surface area contributed by atoms with E-state index in [1.54, 1.807) is 12.3 Å². The molecule has 0 fully saturated rings. The van der Waals surface area contributed by atoms with Crippen molar-refractivity contribution in [1.82, 2.24) is 0 Å². The van der Waals surface area contributed by atoms with E-state index in [2.05, 4.69) is 42.9 Å². The number of halogens is 1. The lowest BCUT2D eigenvalue weighted by Gasteiger charge is -2.47.